The Hall–Kier alpha value is -1.58. The number of aromatic nitrogens is 2. The number of fused-ring (bicyclic) bond motifs is 2. The second kappa shape index (κ2) is 7.59. The highest BCUT2D eigenvalue weighted by molar-refractivity contribution is 7.98. The predicted molar refractivity (Wildman–Crippen MR) is 112 cm³/mol. The molecule has 7 nitrogen and oxygen atoms in total. The molecule has 2 aromatic rings. The van der Waals surface area contributed by atoms with Crippen molar-refractivity contribution in [1.82, 2.24) is 14.4 Å². The molecule has 1 aromatic heterocycles. The lowest BCUT2D eigenvalue weighted by molar-refractivity contribution is 0.346. The number of hydrogen-bond acceptors (Lipinski definition) is 7. The van der Waals surface area contributed by atoms with E-state index in [0.717, 1.165) is 16.6 Å². The van der Waals surface area contributed by atoms with E-state index in [4.69, 9.17) is 4.52 Å². The summed E-state index contributed by atoms with van der Waals surface area (Å²) in [5, 5.41) is 4.26. The van der Waals surface area contributed by atoms with Gasteiger partial charge in [0.15, 0.2) is 5.82 Å². The first-order valence-corrected chi connectivity index (χ1v) is 12.9. The molecule has 1 unspecified atom stereocenters. The Bertz CT molecular complexity index is 968. The summed E-state index contributed by atoms with van der Waals surface area (Å²) in [7, 11) is -3.48. The first-order chi connectivity index (χ1) is 14.0. The van der Waals surface area contributed by atoms with Crippen LogP contribution in [-0.2, 0) is 10.0 Å². The lowest BCUT2D eigenvalue weighted by Gasteiger charge is -2.32. The molecular formula is C20H26N4O3S2. The molecule has 0 amide bonds. The summed E-state index contributed by atoms with van der Waals surface area (Å²) >= 11 is 1.60. The van der Waals surface area contributed by atoms with Crippen molar-refractivity contribution in [2.75, 3.05) is 37.3 Å². The number of hydrogen-bond donors (Lipinski definition) is 0. The molecule has 0 spiro atoms. The number of benzene rings is 1. The van der Waals surface area contributed by atoms with Gasteiger partial charge >= 0.3 is 6.01 Å². The Morgan fingerprint density at radius 3 is 2.45 bits per heavy atom. The molecule has 2 aliphatic carbocycles. The molecular weight excluding hydrogens is 408 g/mol. The van der Waals surface area contributed by atoms with E-state index in [-0.39, 0.29) is 0 Å². The molecule has 0 radical (unpaired) electrons. The van der Waals surface area contributed by atoms with Gasteiger partial charge in [0.05, 0.1) is 4.90 Å². The number of rotatable bonds is 5. The number of anilines is 1. The van der Waals surface area contributed by atoms with Gasteiger partial charge in [-0.05, 0) is 61.6 Å². The van der Waals surface area contributed by atoms with Gasteiger partial charge in [0.2, 0.25) is 10.0 Å². The van der Waals surface area contributed by atoms with Crippen LogP contribution in [0.3, 0.4) is 0 Å². The van der Waals surface area contributed by atoms with Crippen molar-refractivity contribution in [3.05, 3.63) is 30.1 Å². The molecule has 3 atom stereocenters. The van der Waals surface area contributed by atoms with Crippen LogP contribution in [-0.4, -0.2) is 55.3 Å². The third-order valence-corrected chi connectivity index (χ3v) is 9.36. The molecule has 3 fully saturated rings. The standard InChI is InChI=1S/C20H26N4O3S2/c1-28-16-4-6-17(7-5-16)29(25,26)24-10-8-23(9-11-24)20-21-19(22-27-20)18-13-14-2-3-15(18)12-14/h4-7,14-15,18H,2-3,8-13H2,1H3/t14-,15+,18?/m1/s1. The highest BCUT2D eigenvalue weighted by atomic mass is 32.2. The summed E-state index contributed by atoms with van der Waals surface area (Å²) in [6.45, 7) is 1.94. The van der Waals surface area contributed by atoms with Gasteiger partial charge < -0.3 is 9.42 Å². The van der Waals surface area contributed by atoms with E-state index in [2.05, 4.69) is 10.1 Å². The van der Waals surface area contributed by atoms with Gasteiger partial charge in [-0.25, -0.2) is 8.42 Å². The van der Waals surface area contributed by atoms with Crippen LogP contribution in [0.25, 0.3) is 0 Å². The van der Waals surface area contributed by atoms with E-state index in [0.29, 0.717) is 48.9 Å². The summed E-state index contributed by atoms with van der Waals surface area (Å²) in [4.78, 5) is 8.08. The lowest BCUT2D eigenvalue weighted by atomic mass is 9.88. The molecule has 3 aliphatic rings. The number of sulfonamides is 1. The fourth-order valence-electron chi connectivity index (χ4n) is 5.08. The largest absolute Gasteiger partial charge is 0.324 e. The van der Waals surface area contributed by atoms with Crippen molar-refractivity contribution in [2.45, 2.75) is 41.4 Å². The molecule has 9 heteroatoms. The van der Waals surface area contributed by atoms with Gasteiger partial charge in [0.25, 0.3) is 0 Å². The zero-order valence-corrected chi connectivity index (χ0v) is 18.2. The Morgan fingerprint density at radius 1 is 1.07 bits per heavy atom. The smallest absolute Gasteiger partial charge is 0.322 e. The van der Waals surface area contributed by atoms with E-state index in [1.807, 2.05) is 23.3 Å². The highest BCUT2D eigenvalue weighted by Crippen LogP contribution is 2.52. The third kappa shape index (κ3) is 3.57. The van der Waals surface area contributed by atoms with Gasteiger partial charge in [-0.1, -0.05) is 11.6 Å². The van der Waals surface area contributed by atoms with Crippen molar-refractivity contribution in [2.24, 2.45) is 11.8 Å². The third-order valence-electron chi connectivity index (χ3n) is 6.71. The minimum atomic E-state index is -3.48. The lowest BCUT2D eigenvalue weighted by Crippen LogP contribution is -2.48. The fraction of sp³-hybridized carbons (Fsp3) is 0.600. The van der Waals surface area contributed by atoms with Crippen LogP contribution < -0.4 is 4.90 Å². The highest BCUT2D eigenvalue weighted by Gasteiger charge is 2.42. The second-order valence-electron chi connectivity index (χ2n) is 8.28. The quantitative estimate of drug-likeness (QED) is 0.669. The summed E-state index contributed by atoms with van der Waals surface area (Å²) in [5.41, 5.74) is 0. The van der Waals surface area contributed by atoms with Crippen molar-refractivity contribution in [3.63, 3.8) is 0 Å². The van der Waals surface area contributed by atoms with Gasteiger partial charge in [0.1, 0.15) is 0 Å². The van der Waals surface area contributed by atoms with E-state index in [1.165, 1.54) is 25.7 Å². The van der Waals surface area contributed by atoms with E-state index < -0.39 is 10.0 Å². The normalized spacial score (nSPS) is 27.6. The fourth-order valence-corrected chi connectivity index (χ4v) is 6.91. The second-order valence-corrected chi connectivity index (χ2v) is 11.1. The number of piperazine rings is 1. The molecule has 2 bridgehead atoms. The first kappa shape index (κ1) is 19.4. The average molecular weight is 435 g/mol. The van der Waals surface area contributed by atoms with Gasteiger partial charge in [0, 0.05) is 37.0 Å². The van der Waals surface area contributed by atoms with Crippen LogP contribution in [0, 0.1) is 11.8 Å². The molecule has 1 aliphatic heterocycles. The van der Waals surface area contributed by atoms with Crippen LogP contribution in [0.1, 0.15) is 37.4 Å². The van der Waals surface area contributed by atoms with Crippen molar-refractivity contribution < 1.29 is 12.9 Å². The Kier molecular flexibility index (Phi) is 5.08. The topological polar surface area (TPSA) is 79.5 Å². The zero-order chi connectivity index (χ0) is 20.0. The molecule has 2 saturated carbocycles. The van der Waals surface area contributed by atoms with Crippen molar-refractivity contribution >= 4 is 27.8 Å². The van der Waals surface area contributed by atoms with Crippen LogP contribution >= 0.6 is 11.8 Å². The maximum absolute atomic E-state index is 12.9. The van der Waals surface area contributed by atoms with Crippen LogP contribution in [0.4, 0.5) is 6.01 Å². The van der Waals surface area contributed by atoms with E-state index >= 15 is 0 Å². The summed E-state index contributed by atoms with van der Waals surface area (Å²) in [5.74, 6) is 2.84. The summed E-state index contributed by atoms with van der Waals surface area (Å²) in [6.07, 6.45) is 7.10. The van der Waals surface area contributed by atoms with Crippen molar-refractivity contribution in [3.8, 4) is 0 Å². The minimum absolute atomic E-state index is 0.347. The Balaban J connectivity index is 1.23. The molecule has 2 heterocycles. The summed E-state index contributed by atoms with van der Waals surface area (Å²) < 4.78 is 33.0. The molecule has 0 N–H and O–H groups in total. The molecule has 1 aromatic carbocycles. The molecule has 1 saturated heterocycles. The summed E-state index contributed by atoms with van der Waals surface area (Å²) in [6, 6.07) is 7.61. The Labute approximate surface area is 175 Å². The van der Waals surface area contributed by atoms with E-state index in [1.54, 1.807) is 28.2 Å². The average Bonchev–Trinajstić information content (AvgIpc) is 3.50. The maximum Gasteiger partial charge on any atom is 0.324 e. The van der Waals surface area contributed by atoms with Crippen LogP contribution in [0.5, 0.6) is 0 Å². The van der Waals surface area contributed by atoms with Crippen LogP contribution in [0.2, 0.25) is 0 Å². The molecule has 29 heavy (non-hydrogen) atoms. The van der Waals surface area contributed by atoms with E-state index in [9.17, 15) is 8.42 Å². The Morgan fingerprint density at radius 2 is 1.83 bits per heavy atom. The predicted octanol–water partition coefficient (Wildman–Crippen LogP) is 3.21. The van der Waals surface area contributed by atoms with Gasteiger partial charge in [-0.2, -0.15) is 9.29 Å². The molecule has 156 valence electrons. The number of nitrogens with zero attached hydrogens (tertiary/aromatic N) is 4. The molecule has 5 rings (SSSR count). The number of thioether (sulfide) groups is 1. The SMILES string of the molecule is CSc1ccc(S(=O)(=O)N2CCN(c3nc(C4C[C@@H]5CC[C@H]4C5)no3)CC2)cc1. The monoisotopic (exact) mass is 434 g/mol. The van der Waals surface area contributed by atoms with Crippen LogP contribution in [0.15, 0.2) is 38.6 Å². The first-order valence-electron chi connectivity index (χ1n) is 10.3. The van der Waals surface area contributed by atoms with Gasteiger partial charge in [-0.3, -0.25) is 0 Å². The van der Waals surface area contributed by atoms with Crippen molar-refractivity contribution in [1.29, 1.82) is 0 Å². The maximum atomic E-state index is 12.9. The van der Waals surface area contributed by atoms with Gasteiger partial charge in [-0.15, -0.1) is 11.8 Å². The minimum Gasteiger partial charge on any atom is -0.322 e. The zero-order valence-electron chi connectivity index (χ0n) is 16.5.